The molecule has 0 spiro atoms. The van der Waals surface area contributed by atoms with E-state index in [2.05, 4.69) is 25.9 Å². The van der Waals surface area contributed by atoms with Gasteiger partial charge in [-0.3, -0.25) is 4.79 Å². The highest BCUT2D eigenvalue weighted by atomic mass is 79.9. The molecule has 0 amide bonds. The van der Waals surface area contributed by atoms with E-state index < -0.39 is 11.6 Å². The molecule has 2 rings (SSSR count). The summed E-state index contributed by atoms with van der Waals surface area (Å²) in [5.74, 6) is -0.970. The summed E-state index contributed by atoms with van der Waals surface area (Å²) >= 11 is 3.01. The average Bonchev–Trinajstić information content (AvgIpc) is 2.27. The van der Waals surface area contributed by atoms with Gasteiger partial charge in [0, 0.05) is 18.7 Å². The first kappa shape index (κ1) is 11.9. The number of rotatable bonds is 2. The van der Waals surface area contributed by atoms with Gasteiger partial charge in [0.25, 0.3) is 5.56 Å². The van der Waals surface area contributed by atoms with Crippen LogP contribution in [0, 0.1) is 11.6 Å². The molecule has 1 aromatic heterocycles. The monoisotopic (exact) mass is 300 g/mol. The van der Waals surface area contributed by atoms with E-state index in [1.54, 1.807) is 0 Å². The molecule has 17 heavy (non-hydrogen) atoms. The Balaban J connectivity index is 2.31. The summed E-state index contributed by atoms with van der Waals surface area (Å²) in [5, 5.41) is 0. The normalized spacial score (nSPS) is 10.5. The maximum absolute atomic E-state index is 13.3. The van der Waals surface area contributed by atoms with Crippen molar-refractivity contribution < 1.29 is 8.78 Å². The number of hydrogen-bond donors (Lipinski definition) is 1. The van der Waals surface area contributed by atoms with Gasteiger partial charge in [0.2, 0.25) is 0 Å². The van der Waals surface area contributed by atoms with E-state index in [9.17, 15) is 13.6 Å². The van der Waals surface area contributed by atoms with Crippen LogP contribution in [0.3, 0.4) is 0 Å². The van der Waals surface area contributed by atoms with Crippen LogP contribution in [0.2, 0.25) is 0 Å². The zero-order valence-electron chi connectivity index (χ0n) is 8.51. The first-order chi connectivity index (χ1) is 8.06. The van der Waals surface area contributed by atoms with Gasteiger partial charge >= 0.3 is 0 Å². The first-order valence-corrected chi connectivity index (χ1v) is 5.53. The van der Waals surface area contributed by atoms with Gasteiger partial charge < -0.3 is 4.98 Å². The third-order valence-electron chi connectivity index (χ3n) is 2.18. The molecule has 0 radical (unpaired) electrons. The zero-order valence-corrected chi connectivity index (χ0v) is 10.1. The smallest absolute Gasteiger partial charge is 0.265 e. The molecule has 0 aliphatic heterocycles. The summed E-state index contributed by atoms with van der Waals surface area (Å²) < 4.78 is 26.3. The molecule has 0 unspecified atom stereocenters. The van der Waals surface area contributed by atoms with Crippen molar-refractivity contribution in [3.05, 3.63) is 62.2 Å². The predicted octanol–water partition coefficient (Wildman–Crippen LogP) is 2.40. The van der Waals surface area contributed by atoms with Crippen LogP contribution in [-0.4, -0.2) is 9.97 Å². The van der Waals surface area contributed by atoms with Crippen LogP contribution < -0.4 is 5.56 Å². The minimum Gasteiger partial charge on any atom is -0.309 e. The fourth-order valence-corrected chi connectivity index (χ4v) is 1.55. The van der Waals surface area contributed by atoms with Crippen LogP contribution in [0.15, 0.2) is 33.7 Å². The Bertz CT molecular complexity index is 613. The lowest BCUT2D eigenvalue weighted by atomic mass is 10.1. The summed E-state index contributed by atoms with van der Waals surface area (Å²) in [6, 6.07) is 3.29. The topological polar surface area (TPSA) is 45.8 Å². The van der Waals surface area contributed by atoms with Crippen LogP contribution in [0.4, 0.5) is 8.78 Å². The number of aromatic amines is 1. The summed E-state index contributed by atoms with van der Waals surface area (Å²) in [7, 11) is 0. The molecule has 6 heteroatoms. The molecule has 0 aliphatic rings. The van der Waals surface area contributed by atoms with E-state index >= 15 is 0 Å². The maximum Gasteiger partial charge on any atom is 0.265 e. The number of halogens is 3. The fourth-order valence-electron chi connectivity index (χ4n) is 1.35. The Labute approximate surface area is 104 Å². The molecule has 0 aliphatic carbocycles. The minimum atomic E-state index is -0.657. The quantitative estimate of drug-likeness (QED) is 0.926. The molecule has 2 aromatic rings. The van der Waals surface area contributed by atoms with Crippen molar-refractivity contribution in [2.24, 2.45) is 0 Å². The second-order valence-electron chi connectivity index (χ2n) is 3.42. The molecule has 1 aromatic carbocycles. The number of aromatic nitrogens is 2. The molecule has 0 bridgehead atoms. The van der Waals surface area contributed by atoms with Crippen molar-refractivity contribution in [2.75, 3.05) is 0 Å². The Hall–Kier alpha value is -1.56. The lowest BCUT2D eigenvalue weighted by molar-refractivity contribution is 0.573. The Kier molecular flexibility index (Phi) is 3.33. The highest BCUT2D eigenvalue weighted by molar-refractivity contribution is 9.10. The van der Waals surface area contributed by atoms with Crippen molar-refractivity contribution >= 4 is 15.9 Å². The number of H-pyrrole nitrogens is 1. The lowest BCUT2D eigenvalue weighted by Crippen LogP contribution is -2.12. The van der Waals surface area contributed by atoms with Gasteiger partial charge in [0.05, 0.1) is 0 Å². The summed E-state index contributed by atoms with van der Waals surface area (Å²) in [6.45, 7) is 0. The maximum atomic E-state index is 13.3. The SMILES string of the molecule is O=c1[nH]c(Cc2ccc(F)cc2F)ncc1Br. The van der Waals surface area contributed by atoms with E-state index in [-0.39, 0.29) is 17.5 Å². The van der Waals surface area contributed by atoms with Crippen LogP contribution >= 0.6 is 15.9 Å². The highest BCUT2D eigenvalue weighted by Gasteiger charge is 2.07. The van der Waals surface area contributed by atoms with Gasteiger partial charge in [-0.25, -0.2) is 13.8 Å². The molecule has 88 valence electrons. The minimum absolute atomic E-state index is 0.106. The van der Waals surface area contributed by atoms with Crippen molar-refractivity contribution in [3.8, 4) is 0 Å². The lowest BCUT2D eigenvalue weighted by Gasteiger charge is -2.03. The molecular weight excluding hydrogens is 294 g/mol. The Morgan fingerprint density at radius 2 is 2.12 bits per heavy atom. The summed E-state index contributed by atoms with van der Waals surface area (Å²) in [4.78, 5) is 17.7. The van der Waals surface area contributed by atoms with Gasteiger partial charge in [-0.1, -0.05) is 6.07 Å². The van der Waals surface area contributed by atoms with E-state index in [0.29, 0.717) is 10.3 Å². The number of benzene rings is 1. The molecule has 1 heterocycles. The molecule has 0 saturated heterocycles. The van der Waals surface area contributed by atoms with Crippen molar-refractivity contribution in [1.29, 1.82) is 0 Å². The van der Waals surface area contributed by atoms with Gasteiger partial charge in [0.15, 0.2) is 0 Å². The largest absolute Gasteiger partial charge is 0.309 e. The predicted molar refractivity (Wildman–Crippen MR) is 61.7 cm³/mol. The molecular formula is C11H7BrF2N2O. The van der Waals surface area contributed by atoms with Crippen molar-refractivity contribution in [1.82, 2.24) is 9.97 Å². The van der Waals surface area contributed by atoms with Crippen molar-refractivity contribution in [3.63, 3.8) is 0 Å². The standard InChI is InChI=1S/C11H7BrF2N2O/c12-8-5-15-10(16-11(8)17)3-6-1-2-7(13)4-9(6)14/h1-2,4-5H,3H2,(H,15,16,17). The fraction of sp³-hybridized carbons (Fsp3) is 0.0909. The molecule has 0 saturated carbocycles. The Morgan fingerprint density at radius 1 is 1.35 bits per heavy atom. The van der Waals surface area contributed by atoms with Crippen LogP contribution in [0.1, 0.15) is 11.4 Å². The van der Waals surface area contributed by atoms with Crippen LogP contribution in [0.25, 0.3) is 0 Å². The van der Waals surface area contributed by atoms with Crippen molar-refractivity contribution in [2.45, 2.75) is 6.42 Å². The zero-order chi connectivity index (χ0) is 12.4. The first-order valence-electron chi connectivity index (χ1n) is 4.74. The second-order valence-corrected chi connectivity index (χ2v) is 4.27. The summed E-state index contributed by atoms with van der Waals surface area (Å²) in [6.07, 6.45) is 1.45. The van der Waals surface area contributed by atoms with E-state index in [1.807, 2.05) is 0 Å². The second kappa shape index (κ2) is 4.75. The number of hydrogen-bond acceptors (Lipinski definition) is 2. The van der Waals surface area contributed by atoms with E-state index in [0.717, 1.165) is 12.1 Å². The average molecular weight is 301 g/mol. The Morgan fingerprint density at radius 3 is 2.76 bits per heavy atom. The summed E-state index contributed by atoms with van der Waals surface area (Å²) in [5.41, 5.74) is -0.0607. The van der Waals surface area contributed by atoms with E-state index in [1.165, 1.54) is 12.3 Å². The number of nitrogens with one attached hydrogen (secondary N) is 1. The third-order valence-corrected chi connectivity index (χ3v) is 2.75. The van der Waals surface area contributed by atoms with Gasteiger partial charge in [0.1, 0.15) is 21.9 Å². The van der Waals surface area contributed by atoms with Gasteiger partial charge in [-0.2, -0.15) is 0 Å². The van der Waals surface area contributed by atoms with E-state index in [4.69, 9.17) is 0 Å². The molecule has 0 atom stereocenters. The molecule has 3 nitrogen and oxygen atoms in total. The van der Waals surface area contributed by atoms with Gasteiger partial charge in [-0.15, -0.1) is 0 Å². The number of nitrogens with zero attached hydrogens (tertiary/aromatic N) is 1. The van der Waals surface area contributed by atoms with Crippen LogP contribution in [0.5, 0.6) is 0 Å². The molecule has 1 N–H and O–H groups in total. The third kappa shape index (κ3) is 2.76. The molecule has 0 fully saturated rings. The highest BCUT2D eigenvalue weighted by Crippen LogP contribution is 2.12. The van der Waals surface area contributed by atoms with Crippen LogP contribution in [-0.2, 0) is 6.42 Å². The van der Waals surface area contributed by atoms with Gasteiger partial charge in [-0.05, 0) is 27.6 Å².